The van der Waals surface area contributed by atoms with E-state index in [-0.39, 0.29) is 5.97 Å². The van der Waals surface area contributed by atoms with Gasteiger partial charge in [-0.1, -0.05) is 15.9 Å². The molecule has 0 aliphatic carbocycles. The Hall–Kier alpha value is -1.03. The lowest BCUT2D eigenvalue weighted by Gasteiger charge is -2.10. The number of ether oxygens (including phenoxy) is 2. The van der Waals surface area contributed by atoms with E-state index in [9.17, 15) is 4.79 Å². The number of hydrogen-bond donors (Lipinski definition) is 0. The number of esters is 1. The van der Waals surface area contributed by atoms with Gasteiger partial charge in [-0.25, -0.2) is 0 Å². The number of carbonyl (C=O) groups is 1. The summed E-state index contributed by atoms with van der Waals surface area (Å²) >= 11 is 3.41. The molecular formula is C13H17BrO3. The molecule has 0 aliphatic heterocycles. The summed E-state index contributed by atoms with van der Waals surface area (Å²) in [6.07, 6.45) is 1.01. The van der Waals surface area contributed by atoms with Crippen molar-refractivity contribution in [1.82, 2.24) is 0 Å². The molecule has 3 nitrogen and oxygen atoms in total. The number of halogens is 1. The summed E-state index contributed by atoms with van der Waals surface area (Å²) in [4.78, 5) is 11.3. The van der Waals surface area contributed by atoms with Gasteiger partial charge in [-0.2, -0.15) is 0 Å². The van der Waals surface area contributed by atoms with Gasteiger partial charge in [0.2, 0.25) is 0 Å². The minimum absolute atomic E-state index is 0.171. The van der Waals surface area contributed by atoms with Gasteiger partial charge in [0.1, 0.15) is 5.75 Å². The van der Waals surface area contributed by atoms with E-state index in [1.165, 1.54) is 0 Å². The molecule has 0 radical (unpaired) electrons. The number of rotatable bonds is 6. The van der Waals surface area contributed by atoms with Gasteiger partial charge in [0.05, 0.1) is 13.2 Å². The quantitative estimate of drug-likeness (QED) is 0.756. The molecule has 0 aromatic heterocycles. The van der Waals surface area contributed by atoms with Crippen LogP contribution in [0.3, 0.4) is 0 Å². The lowest BCUT2D eigenvalue weighted by atomic mass is 10.1. The van der Waals surface area contributed by atoms with Gasteiger partial charge in [0.15, 0.2) is 0 Å². The topological polar surface area (TPSA) is 35.5 Å². The van der Waals surface area contributed by atoms with E-state index >= 15 is 0 Å². The summed E-state index contributed by atoms with van der Waals surface area (Å²) in [5.41, 5.74) is 1.02. The fourth-order valence-electron chi connectivity index (χ4n) is 1.51. The third-order valence-corrected chi connectivity index (χ3v) is 2.72. The molecule has 0 N–H and O–H groups in total. The minimum Gasteiger partial charge on any atom is -0.494 e. The number of aryl methyl sites for hydroxylation is 1. The Morgan fingerprint density at radius 2 is 2.06 bits per heavy atom. The normalized spacial score (nSPS) is 10.1. The van der Waals surface area contributed by atoms with Crippen LogP contribution < -0.4 is 4.74 Å². The highest BCUT2D eigenvalue weighted by atomic mass is 79.9. The molecule has 1 aromatic rings. The zero-order chi connectivity index (χ0) is 12.7. The summed E-state index contributed by atoms with van der Waals surface area (Å²) < 4.78 is 11.4. The standard InChI is InChI=1S/C13H17BrO3/c1-3-16-12-7-6-11(14)9-10(12)5-8-13(15)17-4-2/h6-7,9H,3-5,8H2,1-2H3. The zero-order valence-corrected chi connectivity index (χ0v) is 11.7. The fourth-order valence-corrected chi connectivity index (χ4v) is 1.92. The average Bonchev–Trinajstić information content (AvgIpc) is 2.30. The fraction of sp³-hybridized carbons (Fsp3) is 0.462. The van der Waals surface area contributed by atoms with Gasteiger partial charge in [0, 0.05) is 10.9 Å². The molecular weight excluding hydrogens is 284 g/mol. The molecule has 1 aromatic carbocycles. The Balaban J connectivity index is 2.67. The van der Waals surface area contributed by atoms with Crippen LogP contribution in [0.15, 0.2) is 22.7 Å². The van der Waals surface area contributed by atoms with Gasteiger partial charge in [0.25, 0.3) is 0 Å². The number of carbonyl (C=O) groups excluding carboxylic acids is 1. The van der Waals surface area contributed by atoms with Crippen LogP contribution in [-0.4, -0.2) is 19.2 Å². The Bertz CT molecular complexity index is 377. The van der Waals surface area contributed by atoms with Crippen LogP contribution in [0.25, 0.3) is 0 Å². The molecule has 4 heteroatoms. The van der Waals surface area contributed by atoms with Gasteiger partial charge in [-0.15, -0.1) is 0 Å². The Labute approximate surface area is 110 Å². The molecule has 0 atom stereocenters. The van der Waals surface area contributed by atoms with Gasteiger partial charge in [-0.05, 0) is 44.0 Å². The third-order valence-electron chi connectivity index (χ3n) is 2.23. The predicted octanol–water partition coefficient (Wildman–Crippen LogP) is 3.34. The summed E-state index contributed by atoms with van der Waals surface area (Å²) in [7, 11) is 0. The average molecular weight is 301 g/mol. The maximum atomic E-state index is 11.3. The van der Waals surface area contributed by atoms with Crippen LogP contribution in [0.1, 0.15) is 25.8 Å². The smallest absolute Gasteiger partial charge is 0.306 e. The van der Waals surface area contributed by atoms with E-state index < -0.39 is 0 Å². The SMILES string of the molecule is CCOC(=O)CCc1cc(Br)ccc1OCC. The highest BCUT2D eigenvalue weighted by Gasteiger charge is 2.08. The number of hydrogen-bond acceptors (Lipinski definition) is 3. The van der Waals surface area contributed by atoms with E-state index in [0.717, 1.165) is 15.8 Å². The summed E-state index contributed by atoms with van der Waals surface area (Å²) in [5.74, 6) is 0.662. The Morgan fingerprint density at radius 1 is 1.29 bits per heavy atom. The molecule has 0 heterocycles. The molecule has 17 heavy (non-hydrogen) atoms. The van der Waals surface area contributed by atoms with E-state index in [4.69, 9.17) is 9.47 Å². The van der Waals surface area contributed by atoms with Crippen LogP contribution in [0.4, 0.5) is 0 Å². The van der Waals surface area contributed by atoms with Crippen molar-refractivity contribution in [2.24, 2.45) is 0 Å². The molecule has 0 saturated carbocycles. The highest BCUT2D eigenvalue weighted by molar-refractivity contribution is 9.10. The third kappa shape index (κ3) is 4.77. The van der Waals surface area contributed by atoms with Crippen molar-refractivity contribution in [3.63, 3.8) is 0 Å². The van der Waals surface area contributed by atoms with Gasteiger partial charge >= 0.3 is 5.97 Å². The van der Waals surface area contributed by atoms with Crippen LogP contribution in [0.5, 0.6) is 5.75 Å². The monoisotopic (exact) mass is 300 g/mol. The van der Waals surface area contributed by atoms with Crippen LogP contribution in [0.2, 0.25) is 0 Å². The van der Waals surface area contributed by atoms with Crippen LogP contribution in [-0.2, 0) is 16.0 Å². The van der Waals surface area contributed by atoms with Crippen molar-refractivity contribution in [2.45, 2.75) is 26.7 Å². The molecule has 0 saturated heterocycles. The maximum absolute atomic E-state index is 11.3. The minimum atomic E-state index is -0.171. The van der Waals surface area contributed by atoms with Crippen molar-refractivity contribution in [1.29, 1.82) is 0 Å². The highest BCUT2D eigenvalue weighted by Crippen LogP contribution is 2.24. The molecule has 0 fully saturated rings. The largest absolute Gasteiger partial charge is 0.494 e. The first-order chi connectivity index (χ1) is 8.17. The molecule has 1 rings (SSSR count). The summed E-state index contributed by atoms with van der Waals surface area (Å²) in [5, 5.41) is 0. The Kier molecular flexibility index (Phi) is 6.05. The first-order valence-corrected chi connectivity index (χ1v) is 6.53. The zero-order valence-electron chi connectivity index (χ0n) is 10.2. The molecule has 0 bridgehead atoms. The van der Waals surface area contributed by atoms with E-state index in [0.29, 0.717) is 26.1 Å². The van der Waals surface area contributed by atoms with E-state index in [2.05, 4.69) is 15.9 Å². The van der Waals surface area contributed by atoms with E-state index in [1.807, 2.05) is 32.0 Å². The Morgan fingerprint density at radius 3 is 2.71 bits per heavy atom. The summed E-state index contributed by atoms with van der Waals surface area (Å²) in [6.45, 7) is 4.80. The van der Waals surface area contributed by atoms with Crippen molar-refractivity contribution in [2.75, 3.05) is 13.2 Å². The molecule has 0 unspecified atom stereocenters. The number of benzene rings is 1. The van der Waals surface area contributed by atoms with Crippen molar-refractivity contribution >= 4 is 21.9 Å². The lowest BCUT2D eigenvalue weighted by Crippen LogP contribution is -2.06. The van der Waals surface area contributed by atoms with Crippen molar-refractivity contribution < 1.29 is 14.3 Å². The first kappa shape index (κ1) is 14.0. The first-order valence-electron chi connectivity index (χ1n) is 5.74. The predicted molar refractivity (Wildman–Crippen MR) is 70.3 cm³/mol. The molecule has 0 amide bonds. The maximum Gasteiger partial charge on any atom is 0.306 e. The second-order valence-corrected chi connectivity index (χ2v) is 4.41. The second kappa shape index (κ2) is 7.33. The second-order valence-electron chi connectivity index (χ2n) is 3.49. The van der Waals surface area contributed by atoms with Crippen molar-refractivity contribution in [3.8, 4) is 5.75 Å². The van der Waals surface area contributed by atoms with Crippen molar-refractivity contribution in [3.05, 3.63) is 28.2 Å². The molecule has 0 aliphatic rings. The summed E-state index contributed by atoms with van der Waals surface area (Å²) in [6, 6.07) is 5.82. The van der Waals surface area contributed by atoms with Gasteiger partial charge < -0.3 is 9.47 Å². The molecule has 94 valence electrons. The van der Waals surface area contributed by atoms with Crippen LogP contribution in [0, 0.1) is 0 Å². The van der Waals surface area contributed by atoms with E-state index in [1.54, 1.807) is 0 Å². The lowest BCUT2D eigenvalue weighted by molar-refractivity contribution is -0.143. The van der Waals surface area contributed by atoms with Crippen LogP contribution >= 0.6 is 15.9 Å². The van der Waals surface area contributed by atoms with Gasteiger partial charge in [-0.3, -0.25) is 4.79 Å². The molecule has 0 spiro atoms.